The van der Waals surface area contributed by atoms with Gasteiger partial charge in [-0.2, -0.15) is 4.31 Å². The number of rotatable bonds is 4. The highest BCUT2D eigenvalue weighted by Crippen LogP contribution is 2.28. The van der Waals surface area contributed by atoms with E-state index in [2.05, 4.69) is 13.8 Å². The Morgan fingerprint density at radius 2 is 1.69 bits per heavy atom. The molecule has 0 aliphatic carbocycles. The van der Waals surface area contributed by atoms with Crippen molar-refractivity contribution in [3.8, 4) is 0 Å². The Balaban J connectivity index is 1.62. The zero-order valence-corrected chi connectivity index (χ0v) is 20.1. The summed E-state index contributed by atoms with van der Waals surface area (Å²) in [6.07, 6.45) is 4.00. The molecular formula is C23H33N3O5S. The lowest BCUT2D eigenvalue weighted by atomic mass is 9.94. The van der Waals surface area contributed by atoms with Crippen molar-refractivity contribution in [1.82, 2.24) is 13.8 Å². The Morgan fingerprint density at radius 3 is 2.31 bits per heavy atom. The van der Waals surface area contributed by atoms with Gasteiger partial charge in [0.2, 0.25) is 15.9 Å². The Kier molecular flexibility index (Phi) is 6.24. The summed E-state index contributed by atoms with van der Waals surface area (Å²) < 4.78 is 34.6. The molecule has 0 saturated carbocycles. The van der Waals surface area contributed by atoms with Crippen LogP contribution in [-0.4, -0.2) is 53.3 Å². The summed E-state index contributed by atoms with van der Waals surface area (Å²) in [6, 6.07) is 4.74. The zero-order valence-electron chi connectivity index (χ0n) is 19.3. The van der Waals surface area contributed by atoms with Gasteiger partial charge >= 0.3 is 5.76 Å². The van der Waals surface area contributed by atoms with E-state index in [0.29, 0.717) is 30.4 Å². The molecule has 4 atom stereocenters. The molecule has 2 aliphatic rings. The first kappa shape index (κ1) is 23.0. The molecule has 2 aromatic rings. The van der Waals surface area contributed by atoms with Crippen LogP contribution in [0.1, 0.15) is 53.4 Å². The van der Waals surface area contributed by atoms with Crippen LogP contribution in [0.4, 0.5) is 0 Å². The summed E-state index contributed by atoms with van der Waals surface area (Å²) in [4.78, 5) is 27.5. The molecule has 0 bridgehead atoms. The van der Waals surface area contributed by atoms with Crippen molar-refractivity contribution in [1.29, 1.82) is 0 Å². The van der Waals surface area contributed by atoms with Crippen molar-refractivity contribution in [3.63, 3.8) is 0 Å². The van der Waals surface area contributed by atoms with Crippen LogP contribution in [0.5, 0.6) is 0 Å². The number of hydrogen-bond donors (Lipinski definition) is 0. The van der Waals surface area contributed by atoms with Gasteiger partial charge in [-0.15, -0.1) is 0 Å². The average molecular weight is 464 g/mol. The average Bonchev–Trinajstić information content (AvgIpc) is 3.01. The van der Waals surface area contributed by atoms with Gasteiger partial charge in [0.05, 0.1) is 10.4 Å². The van der Waals surface area contributed by atoms with E-state index in [1.165, 1.54) is 21.0 Å². The molecule has 0 unspecified atom stereocenters. The minimum atomic E-state index is -3.69. The van der Waals surface area contributed by atoms with Crippen LogP contribution in [0.2, 0.25) is 0 Å². The van der Waals surface area contributed by atoms with Crippen LogP contribution in [0.15, 0.2) is 32.3 Å². The Hall–Kier alpha value is -2.13. The van der Waals surface area contributed by atoms with Crippen LogP contribution in [-0.2, 0) is 21.4 Å². The van der Waals surface area contributed by atoms with Gasteiger partial charge in [0, 0.05) is 31.2 Å². The van der Waals surface area contributed by atoms with E-state index in [-0.39, 0.29) is 35.0 Å². The monoisotopic (exact) mass is 463 g/mol. The maximum Gasteiger partial charge on any atom is 0.420 e. The predicted octanol–water partition coefficient (Wildman–Crippen LogP) is 3.05. The second-order valence-corrected chi connectivity index (χ2v) is 11.7. The summed E-state index contributed by atoms with van der Waals surface area (Å²) in [6.45, 7) is 9.02. The van der Waals surface area contributed by atoms with Crippen molar-refractivity contribution < 1.29 is 17.6 Å². The van der Waals surface area contributed by atoms with E-state index < -0.39 is 15.8 Å². The highest BCUT2D eigenvalue weighted by atomic mass is 32.2. The molecular weight excluding hydrogens is 430 g/mol. The maximum absolute atomic E-state index is 13.2. The smallest absolute Gasteiger partial charge is 0.408 e. The number of amides is 1. The van der Waals surface area contributed by atoms with Gasteiger partial charge in [0.25, 0.3) is 0 Å². The van der Waals surface area contributed by atoms with Crippen molar-refractivity contribution in [2.45, 2.75) is 76.9 Å². The summed E-state index contributed by atoms with van der Waals surface area (Å²) in [7, 11) is -3.69. The first-order valence-electron chi connectivity index (χ1n) is 11.5. The van der Waals surface area contributed by atoms with Gasteiger partial charge in [-0.1, -0.05) is 13.8 Å². The number of benzene rings is 1. The molecule has 9 heteroatoms. The van der Waals surface area contributed by atoms with Crippen molar-refractivity contribution in [2.75, 3.05) is 13.1 Å². The van der Waals surface area contributed by atoms with E-state index >= 15 is 0 Å². The highest BCUT2D eigenvalue weighted by Gasteiger charge is 2.33. The third kappa shape index (κ3) is 4.24. The standard InChI is InChI=1S/C23H33N3O5S/c1-15-10-16(2)13-24(12-15)32(29,30)19-8-9-20-21(11-19)31-23(28)25(20)14-22(27)26-17(3)6-5-7-18(26)4/h8-9,11,15-18H,5-7,10,12-14H2,1-4H3/t15-,16+,17-,18-/m1/s1. The van der Waals surface area contributed by atoms with Gasteiger partial charge in [0.1, 0.15) is 6.54 Å². The number of nitrogens with zero attached hydrogens (tertiary/aromatic N) is 3. The molecule has 2 fully saturated rings. The molecule has 3 heterocycles. The van der Waals surface area contributed by atoms with Gasteiger partial charge < -0.3 is 9.32 Å². The zero-order chi connectivity index (χ0) is 23.2. The topological polar surface area (TPSA) is 92.8 Å². The summed E-state index contributed by atoms with van der Waals surface area (Å²) >= 11 is 0. The lowest BCUT2D eigenvalue weighted by molar-refractivity contribution is -0.137. The van der Waals surface area contributed by atoms with E-state index in [0.717, 1.165) is 25.7 Å². The van der Waals surface area contributed by atoms with Gasteiger partial charge in [0.15, 0.2) is 5.58 Å². The molecule has 2 aliphatic heterocycles. The molecule has 0 radical (unpaired) electrons. The molecule has 0 N–H and O–H groups in total. The lowest BCUT2D eigenvalue weighted by Gasteiger charge is -2.39. The first-order valence-corrected chi connectivity index (χ1v) is 13.0. The number of carbonyl (C=O) groups excluding carboxylic acids is 1. The predicted molar refractivity (Wildman–Crippen MR) is 122 cm³/mol. The quantitative estimate of drug-likeness (QED) is 0.695. The van der Waals surface area contributed by atoms with Crippen LogP contribution < -0.4 is 5.76 Å². The number of fused-ring (bicyclic) bond motifs is 1. The number of aromatic nitrogens is 1. The summed E-state index contributed by atoms with van der Waals surface area (Å²) in [5.41, 5.74) is 0.613. The molecule has 1 aromatic heterocycles. The first-order chi connectivity index (χ1) is 15.1. The largest absolute Gasteiger partial charge is 0.420 e. The fourth-order valence-corrected chi connectivity index (χ4v) is 7.13. The van der Waals surface area contributed by atoms with E-state index in [9.17, 15) is 18.0 Å². The molecule has 2 saturated heterocycles. The van der Waals surface area contributed by atoms with E-state index in [1.807, 2.05) is 18.7 Å². The fourth-order valence-electron chi connectivity index (χ4n) is 5.44. The number of likely N-dealkylation sites (tertiary alicyclic amines) is 1. The molecule has 0 spiro atoms. The molecule has 1 aromatic carbocycles. The fraction of sp³-hybridized carbons (Fsp3) is 0.652. The number of hydrogen-bond acceptors (Lipinski definition) is 5. The van der Waals surface area contributed by atoms with Crippen LogP contribution in [0.25, 0.3) is 11.1 Å². The molecule has 4 rings (SSSR count). The lowest BCUT2D eigenvalue weighted by Crippen LogP contribution is -2.49. The van der Waals surface area contributed by atoms with Gasteiger partial charge in [-0.25, -0.2) is 13.2 Å². The molecule has 32 heavy (non-hydrogen) atoms. The van der Waals surface area contributed by atoms with Crippen molar-refractivity contribution >= 4 is 27.0 Å². The number of piperidine rings is 2. The Bertz CT molecular complexity index is 1150. The molecule has 1 amide bonds. The van der Waals surface area contributed by atoms with Crippen LogP contribution in [0, 0.1) is 11.8 Å². The number of carbonyl (C=O) groups is 1. The number of oxazole rings is 1. The van der Waals surface area contributed by atoms with Crippen LogP contribution in [0.3, 0.4) is 0 Å². The van der Waals surface area contributed by atoms with Crippen molar-refractivity contribution in [2.24, 2.45) is 11.8 Å². The van der Waals surface area contributed by atoms with Gasteiger partial charge in [-0.05, 0) is 63.5 Å². The second kappa shape index (κ2) is 8.67. The maximum atomic E-state index is 13.2. The minimum absolute atomic E-state index is 0.108. The van der Waals surface area contributed by atoms with Gasteiger partial charge in [-0.3, -0.25) is 9.36 Å². The Labute approximate surface area is 189 Å². The highest BCUT2D eigenvalue weighted by molar-refractivity contribution is 7.89. The normalized spacial score (nSPS) is 27.7. The molecule has 176 valence electrons. The third-order valence-corrected chi connectivity index (χ3v) is 8.72. The Morgan fingerprint density at radius 1 is 1.06 bits per heavy atom. The summed E-state index contributed by atoms with van der Waals surface area (Å²) in [5.74, 6) is -0.188. The minimum Gasteiger partial charge on any atom is -0.408 e. The van der Waals surface area contributed by atoms with E-state index in [1.54, 1.807) is 6.07 Å². The van der Waals surface area contributed by atoms with Crippen molar-refractivity contribution in [3.05, 3.63) is 28.7 Å². The second-order valence-electron chi connectivity index (χ2n) is 9.78. The van der Waals surface area contributed by atoms with E-state index in [4.69, 9.17) is 4.42 Å². The number of sulfonamides is 1. The SMILES string of the molecule is C[C@@H]1C[C@H](C)CN(S(=O)(=O)c2ccc3c(c2)oc(=O)n3CC(=O)N2[C@H](C)CCC[C@H]2C)C1. The molecule has 8 nitrogen and oxygen atoms in total. The van der Waals surface area contributed by atoms with Crippen LogP contribution >= 0.6 is 0 Å². The third-order valence-electron chi connectivity index (χ3n) is 6.89. The summed E-state index contributed by atoms with van der Waals surface area (Å²) in [5, 5.41) is 0.